The molecule has 1 N–H and O–H groups in total. The maximum absolute atomic E-state index is 13.3. The molecule has 0 spiro atoms. The fraction of sp³-hybridized carbons (Fsp3) is 0.227. The van der Waals surface area contributed by atoms with Crippen molar-refractivity contribution in [1.29, 1.82) is 0 Å². The van der Waals surface area contributed by atoms with Crippen LogP contribution in [0.1, 0.15) is 12.0 Å². The van der Waals surface area contributed by atoms with Gasteiger partial charge in [-0.15, -0.1) is 0 Å². The lowest BCUT2D eigenvalue weighted by molar-refractivity contribution is -0.136. The van der Waals surface area contributed by atoms with Crippen LogP contribution in [0.25, 0.3) is 0 Å². The first-order valence-electron chi connectivity index (χ1n) is 9.89. The highest BCUT2D eigenvalue weighted by atomic mass is 32.2. The number of H-pyrrole nitrogens is 1. The highest BCUT2D eigenvalue weighted by Gasteiger charge is 2.44. The lowest BCUT2D eigenvalue weighted by Crippen LogP contribution is -2.45. The Morgan fingerprint density at radius 2 is 1.94 bits per heavy atom. The summed E-state index contributed by atoms with van der Waals surface area (Å²) in [6, 6.07) is 15.2. The summed E-state index contributed by atoms with van der Waals surface area (Å²) in [4.78, 5) is 45.8. The van der Waals surface area contributed by atoms with Crippen LogP contribution in [-0.4, -0.2) is 56.7 Å². The third kappa shape index (κ3) is 4.65. The van der Waals surface area contributed by atoms with Gasteiger partial charge in [0.2, 0.25) is 11.8 Å². The van der Waals surface area contributed by atoms with Crippen LogP contribution in [0.4, 0.5) is 5.69 Å². The number of aromatic amines is 1. The third-order valence-corrected chi connectivity index (χ3v) is 5.93. The summed E-state index contributed by atoms with van der Waals surface area (Å²) < 4.78 is 5.14. The number of nitrogens with zero attached hydrogens (tertiary/aromatic N) is 4. The molecule has 2 heterocycles. The number of carbonyl (C=O) groups excluding carboxylic acids is 3. The van der Waals surface area contributed by atoms with E-state index in [1.807, 2.05) is 30.3 Å². The summed E-state index contributed by atoms with van der Waals surface area (Å²) in [6.07, 6.45) is 1.29. The molecule has 0 bridgehead atoms. The fourth-order valence-corrected chi connectivity index (χ4v) is 4.16. The normalized spacial score (nSPS) is 15.8. The van der Waals surface area contributed by atoms with Crippen LogP contribution in [-0.2, 0) is 20.9 Å². The number of benzene rings is 2. The van der Waals surface area contributed by atoms with Crippen molar-refractivity contribution >= 4 is 35.2 Å². The van der Waals surface area contributed by atoms with Crippen LogP contribution in [0.2, 0.25) is 0 Å². The second-order valence-electron chi connectivity index (χ2n) is 7.07. The standard InChI is InChI=1S/C22H21N5O4S/c1-31-17-9-7-16(8-10-17)27-19(28)11-18(21(27)30)26(12-15-5-3-2-4-6-15)20(29)13-32-22-23-14-24-25-22/h2-10,14,18H,11-13H2,1H3,(H,23,24,25). The van der Waals surface area contributed by atoms with Crippen molar-refractivity contribution in [2.45, 2.75) is 24.2 Å². The molecule has 1 aliphatic heterocycles. The average Bonchev–Trinajstić information content (AvgIpc) is 3.44. The van der Waals surface area contributed by atoms with Gasteiger partial charge in [0, 0.05) is 6.54 Å². The van der Waals surface area contributed by atoms with E-state index >= 15 is 0 Å². The number of hydrogen-bond acceptors (Lipinski definition) is 7. The van der Waals surface area contributed by atoms with Gasteiger partial charge >= 0.3 is 0 Å². The number of thioether (sulfide) groups is 1. The molecule has 9 nitrogen and oxygen atoms in total. The predicted molar refractivity (Wildman–Crippen MR) is 118 cm³/mol. The molecule has 0 saturated carbocycles. The fourth-order valence-electron chi connectivity index (χ4n) is 3.49. The molecule has 1 fully saturated rings. The minimum Gasteiger partial charge on any atom is -0.497 e. The summed E-state index contributed by atoms with van der Waals surface area (Å²) in [6.45, 7) is 0.219. The molecule has 4 rings (SSSR count). The molecule has 2 aromatic carbocycles. The molecule has 3 aromatic rings. The van der Waals surface area contributed by atoms with Gasteiger partial charge in [0.15, 0.2) is 5.16 Å². The van der Waals surface area contributed by atoms with E-state index in [1.54, 1.807) is 31.4 Å². The van der Waals surface area contributed by atoms with Crippen molar-refractivity contribution in [3.05, 3.63) is 66.5 Å². The van der Waals surface area contributed by atoms with E-state index in [0.717, 1.165) is 10.5 Å². The molecule has 1 aromatic heterocycles. The van der Waals surface area contributed by atoms with Gasteiger partial charge in [-0.3, -0.25) is 19.5 Å². The molecule has 164 valence electrons. The number of amides is 3. The zero-order valence-corrected chi connectivity index (χ0v) is 18.1. The molecular formula is C22H21N5O4S. The number of aromatic nitrogens is 3. The van der Waals surface area contributed by atoms with E-state index in [9.17, 15) is 14.4 Å². The van der Waals surface area contributed by atoms with Gasteiger partial charge in [-0.1, -0.05) is 42.1 Å². The smallest absolute Gasteiger partial charge is 0.257 e. The summed E-state index contributed by atoms with van der Waals surface area (Å²) >= 11 is 1.19. The topological polar surface area (TPSA) is 108 Å². The van der Waals surface area contributed by atoms with Crippen molar-refractivity contribution in [2.24, 2.45) is 0 Å². The highest BCUT2D eigenvalue weighted by Crippen LogP contribution is 2.29. The van der Waals surface area contributed by atoms with E-state index in [-0.39, 0.29) is 30.5 Å². The van der Waals surface area contributed by atoms with Crippen LogP contribution in [0.3, 0.4) is 0 Å². The van der Waals surface area contributed by atoms with E-state index in [0.29, 0.717) is 16.6 Å². The number of hydrogen-bond donors (Lipinski definition) is 1. The second kappa shape index (κ2) is 9.65. The van der Waals surface area contributed by atoms with Crippen molar-refractivity contribution in [3.63, 3.8) is 0 Å². The number of carbonyl (C=O) groups is 3. The third-order valence-electron chi connectivity index (χ3n) is 5.07. The Hall–Kier alpha value is -3.66. The van der Waals surface area contributed by atoms with Crippen LogP contribution in [0.15, 0.2) is 66.1 Å². The lowest BCUT2D eigenvalue weighted by atomic mass is 10.1. The number of methoxy groups -OCH3 is 1. The maximum Gasteiger partial charge on any atom is 0.257 e. The second-order valence-corrected chi connectivity index (χ2v) is 8.04. The summed E-state index contributed by atoms with van der Waals surface area (Å²) in [5.41, 5.74) is 1.32. The number of rotatable bonds is 8. The Kier molecular flexibility index (Phi) is 6.50. The first-order valence-corrected chi connectivity index (χ1v) is 10.9. The molecule has 1 unspecified atom stereocenters. The van der Waals surface area contributed by atoms with Crippen molar-refractivity contribution < 1.29 is 19.1 Å². The van der Waals surface area contributed by atoms with Gasteiger partial charge in [-0.25, -0.2) is 9.88 Å². The first kappa shape index (κ1) is 21.6. The van der Waals surface area contributed by atoms with Crippen molar-refractivity contribution in [1.82, 2.24) is 20.1 Å². The molecule has 0 aliphatic carbocycles. The number of imide groups is 1. The van der Waals surface area contributed by atoms with Gasteiger partial charge < -0.3 is 9.64 Å². The molecule has 10 heteroatoms. The zero-order valence-electron chi connectivity index (χ0n) is 17.3. The Labute approximate surface area is 188 Å². The summed E-state index contributed by atoms with van der Waals surface area (Å²) in [5.74, 6) is -0.358. The van der Waals surface area contributed by atoms with Crippen LogP contribution in [0.5, 0.6) is 5.75 Å². The quantitative estimate of drug-likeness (QED) is 0.413. The molecule has 3 amide bonds. The average molecular weight is 452 g/mol. The van der Waals surface area contributed by atoms with Crippen LogP contribution < -0.4 is 9.64 Å². The Balaban J connectivity index is 1.57. The van der Waals surface area contributed by atoms with Crippen LogP contribution >= 0.6 is 11.8 Å². The first-order chi connectivity index (χ1) is 15.6. The van der Waals surface area contributed by atoms with E-state index in [1.165, 1.54) is 23.0 Å². The van der Waals surface area contributed by atoms with E-state index in [4.69, 9.17) is 4.74 Å². The number of anilines is 1. The Morgan fingerprint density at radius 3 is 2.59 bits per heavy atom. The van der Waals surface area contributed by atoms with Crippen LogP contribution in [0, 0.1) is 0 Å². The highest BCUT2D eigenvalue weighted by molar-refractivity contribution is 7.99. The van der Waals surface area contributed by atoms with Crippen molar-refractivity contribution in [2.75, 3.05) is 17.8 Å². The summed E-state index contributed by atoms with van der Waals surface area (Å²) in [7, 11) is 1.54. The minimum atomic E-state index is -0.882. The van der Waals surface area contributed by atoms with Gasteiger partial charge in [-0.2, -0.15) is 5.10 Å². The molecular weight excluding hydrogens is 430 g/mol. The molecule has 32 heavy (non-hydrogen) atoms. The largest absolute Gasteiger partial charge is 0.497 e. The minimum absolute atomic E-state index is 0.0581. The van der Waals surface area contributed by atoms with Gasteiger partial charge in [0.05, 0.1) is 25.0 Å². The molecule has 1 atom stereocenters. The Bertz CT molecular complexity index is 1090. The van der Waals surface area contributed by atoms with Crippen molar-refractivity contribution in [3.8, 4) is 5.75 Å². The zero-order chi connectivity index (χ0) is 22.5. The monoisotopic (exact) mass is 451 g/mol. The SMILES string of the molecule is COc1ccc(N2C(=O)CC(N(Cc3ccccc3)C(=O)CSc3ncn[nH]3)C2=O)cc1. The molecule has 1 saturated heterocycles. The van der Waals surface area contributed by atoms with Gasteiger partial charge in [0.25, 0.3) is 5.91 Å². The number of nitrogens with one attached hydrogen (secondary N) is 1. The van der Waals surface area contributed by atoms with E-state index < -0.39 is 11.9 Å². The predicted octanol–water partition coefficient (Wildman–Crippen LogP) is 2.27. The van der Waals surface area contributed by atoms with E-state index in [2.05, 4.69) is 15.2 Å². The number of ether oxygens (including phenoxy) is 1. The maximum atomic E-state index is 13.3. The summed E-state index contributed by atoms with van der Waals surface area (Å²) in [5, 5.41) is 6.97. The lowest BCUT2D eigenvalue weighted by Gasteiger charge is -2.27. The Morgan fingerprint density at radius 1 is 1.19 bits per heavy atom. The van der Waals surface area contributed by atoms with Gasteiger partial charge in [0.1, 0.15) is 18.1 Å². The van der Waals surface area contributed by atoms with Gasteiger partial charge in [-0.05, 0) is 29.8 Å². The molecule has 1 aliphatic rings. The molecule has 0 radical (unpaired) electrons.